The van der Waals surface area contributed by atoms with E-state index in [1.165, 1.54) is 36.5 Å². The third-order valence-electron chi connectivity index (χ3n) is 3.90. The molecule has 1 heterocycles. The molecule has 0 bridgehead atoms. The molecule has 0 aliphatic heterocycles. The molecule has 0 spiro atoms. The molecule has 0 aliphatic rings. The highest BCUT2D eigenvalue weighted by Gasteiger charge is 2.28. The van der Waals surface area contributed by atoms with E-state index in [1.807, 2.05) is 30.3 Å². The van der Waals surface area contributed by atoms with Crippen LogP contribution in [0.3, 0.4) is 0 Å². The first kappa shape index (κ1) is 18.5. The van der Waals surface area contributed by atoms with E-state index in [0.29, 0.717) is 4.88 Å². The highest BCUT2D eigenvalue weighted by molar-refractivity contribution is 7.89. The molecule has 2 N–H and O–H groups in total. The molecule has 3 rings (SSSR count). The van der Waals surface area contributed by atoms with Gasteiger partial charge in [0, 0.05) is 28.3 Å². The van der Waals surface area contributed by atoms with Crippen LogP contribution in [0.4, 0.5) is 5.69 Å². The SMILES string of the molecule is CC(O)(CNS(=O)(=O)c1cccc([N+](=O)[O-])c1)c1cc2ccccc2s1. The fraction of sp³-hybridized carbons (Fsp3) is 0.176. The first-order valence-electron chi connectivity index (χ1n) is 7.65. The van der Waals surface area contributed by atoms with Crippen molar-refractivity contribution in [2.24, 2.45) is 0 Å². The summed E-state index contributed by atoms with van der Waals surface area (Å²) in [5.74, 6) is 0. The highest BCUT2D eigenvalue weighted by Crippen LogP contribution is 2.33. The molecule has 1 atom stereocenters. The van der Waals surface area contributed by atoms with Crippen LogP contribution in [-0.2, 0) is 15.6 Å². The zero-order chi connectivity index (χ0) is 18.9. The molecule has 26 heavy (non-hydrogen) atoms. The van der Waals surface area contributed by atoms with Crippen LogP contribution < -0.4 is 4.72 Å². The summed E-state index contributed by atoms with van der Waals surface area (Å²) in [5, 5.41) is 22.5. The number of non-ortho nitro benzene ring substituents is 1. The molecule has 0 amide bonds. The fourth-order valence-corrected chi connectivity index (χ4v) is 4.70. The van der Waals surface area contributed by atoms with Gasteiger partial charge in [0.1, 0.15) is 5.60 Å². The van der Waals surface area contributed by atoms with Crippen molar-refractivity contribution in [2.45, 2.75) is 17.4 Å². The molecule has 0 radical (unpaired) electrons. The van der Waals surface area contributed by atoms with E-state index in [-0.39, 0.29) is 17.1 Å². The average Bonchev–Trinajstić information content (AvgIpc) is 3.05. The van der Waals surface area contributed by atoms with Gasteiger partial charge in [0.25, 0.3) is 5.69 Å². The molecule has 7 nitrogen and oxygen atoms in total. The van der Waals surface area contributed by atoms with Gasteiger partial charge in [0.2, 0.25) is 10.0 Å². The second-order valence-electron chi connectivity index (χ2n) is 6.00. The number of sulfonamides is 1. The third kappa shape index (κ3) is 3.75. The topological polar surface area (TPSA) is 110 Å². The van der Waals surface area contributed by atoms with Crippen LogP contribution in [0.25, 0.3) is 10.1 Å². The normalized spacial score (nSPS) is 14.2. The van der Waals surface area contributed by atoms with Crippen LogP contribution in [0.15, 0.2) is 59.5 Å². The number of aliphatic hydroxyl groups is 1. The number of benzene rings is 2. The number of nitrogens with zero attached hydrogens (tertiary/aromatic N) is 1. The van der Waals surface area contributed by atoms with E-state index in [0.717, 1.165) is 16.2 Å². The summed E-state index contributed by atoms with van der Waals surface area (Å²) in [4.78, 5) is 10.6. The largest absolute Gasteiger partial charge is 0.383 e. The summed E-state index contributed by atoms with van der Waals surface area (Å²) in [6.07, 6.45) is 0. The lowest BCUT2D eigenvalue weighted by Crippen LogP contribution is -2.38. The molecule has 0 aliphatic carbocycles. The maximum absolute atomic E-state index is 12.4. The van der Waals surface area contributed by atoms with Gasteiger partial charge in [-0.25, -0.2) is 13.1 Å². The number of thiophene rings is 1. The molecular formula is C17H16N2O5S2. The minimum atomic E-state index is -4.00. The van der Waals surface area contributed by atoms with Gasteiger partial charge in [-0.05, 0) is 30.5 Å². The Kier molecular flexibility index (Phi) is 4.80. The first-order chi connectivity index (χ1) is 12.2. The predicted octanol–water partition coefficient (Wildman–Crippen LogP) is 3.00. The molecule has 0 fully saturated rings. The molecule has 1 aromatic heterocycles. The highest BCUT2D eigenvalue weighted by atomic mass is 32.2. The quantitative estimate of drug-likeness (QED) is 0.495. The van der Waals surface area contributed by atoms with Crippen molar-refractivity contribution in [1.29, 1.82) is 0 Å². The molecule has 3 aromatic rings. The molecule has 136 valence electrons. The van der Waals surface area contributed by atoms with Crippen molar-refractivity contribution in [2.75, 3.05) is 6.54 Å². The Morgan fingerprint density at radius 1 is 1.19 bits per heavy atom. The average molecular weight is 392 g/mol. The van der Waals surface area contributed by atoms with Crippen LogP contribution in [0, 0.1) is 10.1 Å². The van der Waals surface area contributed by atoms with Gasteiger partial charge in [-0.1, -0.05) is 24.3 Å². The van der Waals surface area contributed by atoms with Crippen LogP contribution in [-0.4, -0.2) is 25.0 Å². The van der Waals surface area contributed by atoms with Gasteiger partial charge >= 0.3 is 0 Å². The van der Waals surface area contributed by atoms with Crippen molar-refractivity contribution in [1.82, 2.24) is 4.72 Å². The van der Waals surface area contributed by atoms with E-state index in [9.17, 15) is 23.6 Å². The number of nitrogens with one attached hydrogen (secondary N) is 1. The van der Waals surface area contributed by atoms with E-state index in [4.69, 9.17) is 0 Å². The smallest absolute Gasteiger partial charge is 0.270 e. The standard InChI is InChI=1S/C17H16N2O5S2/c1-17(20,16-9-12-5-2-3-8-15(12)25-16)11-18-26(23,24)14-7-4-6-13(10-14)19(21)22/h2-10,18,20H,11H2,1H3. The maximum Gasteiger partial charge on any atom is 0.270 e. The summed E-state index contributed by atoms with van der Waals surface area (Å²) in [6.45, 7) is 1.26. The molecule has 2 aromatic carbocycles. The second kappa shape index (κ2) is 6.76. The van der Waals surface area contributed by atoms with Crippen LogP contribution in [0.2, 0.25) is 0 Å². The summed E-state index contributed by atoms with van der Waals surface area (Å²) >= 11 is 1.38. The minimum Gasteiger partial charge on any atom is -0.383 e. The summed E-state index contributed by atoms with van der Waals surface area (Å²) in [7, 11) is -4.00. The lowest BCUT2D eigenvalue weighted by atomic mass is 10.1. The van der Waals surface area contributed by atoms with Crippen LogP contribution >= 0.6 is 11.3 Å². The lowest BCUT2D eigenvalue weighted by Gasteiger charge is -2.22. The minimum absolute atomic E-state index is 0.223. The number of nitro benzene ring substituents is 1. The van der Waals surface area contributed by atoms with E-state index < -0.39 is 20.5 Å². The Labute approximate surface area is 154 Å². The summed E-state index contributed by atoms with van der Waals surface area (Å²) in [6, 6.07) is 14.2. The van der Waals surface area contributed by atoms with Gasteiger partial charge < -0.3 is 5.11 Å². The number of nitro groups is 1. The van der Waals surface area contributed by atoms with Gasteiger partial charge in [-0.2, -0.15) is 0 Å². The van der Waals surface area contributed by atoms with Crippen molar-refractivity contribution in [3.05, 3.63) is 69.6 Å². The number of hydrogen-bond donors (Lipinski definition) is 2. The van der Waals surface area contributed by atoms with E-state index >= 15 is 0 Å². The molecular weight excluding hydrogens is 376 g/mol. The van der Waals surface area contributed by atoms with Gasteiger partial charge in [0.15, 0.2) is 0 Å². The van der Waals surface area contributed by atoms with Gasteiger partial charge in [-0.3, -0.25) is 10.1 Å². The molecule has 1 unspecified atom stereocenters. The molecule has 0 saturated heterocycles. The van der Waals surface area contributed by atoms with E-state index in [2.05, 4.69) is 4.72 Å². The Balaban J connectivity index is 1.82. The monoisotopic (exact) mass is 392 g/mol. The summed E-state index contributed by atoms with van der Waals surface area (Å²) < 4.78 is 28.2. The number of hydrogen-bond acceptors (Lipinski definition) is 6. The Morgan fingerprint density at radius 3 is 2.62 bits per heavy atom. The van der Waals surface area contributed by atoms with Crippen LogP contribution in [0.1, 0.15) is 11.8 Å². The Morgan fingerprint density at radius 2 is 1.92 bits per heavy atom. The zero-order valence-corrected chi connectivity index (χ0v) is 15.4. The van der Waals surface area contributed by atoms with Crippen LogP contribution in [0.5, 0.6) is 0 Å². The van der Waals surface area contributed by atoms with E-state index in [1.54, 1.807) is 0 Å². The van der Waals surface area contributed by atoms with Gasteiger partial charge in [0.05, 0.1) is 9.82 Å². The van der Waals surface area contributed by atoms with Crippen molar-refractivity contribution >= 4 is 37.1 Å². The lowest BCUT2D eigenvalue weighted by molar-refractivity contribution is -0.385. The van der Waals surface area contributed by atoms with Gasteiger partial charge in [-0.15, -0.1) is 11.3 Å². The predicted molar refractivity (Wildman–Crippen MR) is 99.7 cm³/mol. The molecule has 9 heteroatoms. The summed E-state index contributed by atoms with van der Waals surface area (Å²) in [5.41, 5.74) is -1.73. The molecule has 0 saturated carbocycles. The van der Waals surface area contributed by atoms with Crippen molar-refractivity contribution < 1.29 is 18.4 Å². The zero-order valence-electron chi connectivity index (χ0n) is 13.7. The maximum atomic E-state index is 12.4. The second-order valence-corrected chi connectivity index (χ2v) is 8.85. The van der Waals surface area contributed by atoms with Crippen molar-refractivity contribution in [3.8, 4) is 0 Å². The Hall–Kier alpha value is -2.33. The number of rotatable bonds is 6. The fourth-order valence-electron chi connectivity index (χ4n) is 2.42. The first-order valence-corrected chi connectivity index (χ1v) is 9.95. The number of fused-ring (bicyclic) bond motifs is 1. The Bertz CT molecular complexity index is 1040. The third-order valence-corrected chi connectivity index (χ3v) is 6.67. The van der Waals surface area contributed by atoms with Crippen molar-refractivity contribution in [3.63, 3.8) is 0 Å².